The number of ether oxygens (including phenoxy) is 2. The van der Waals surface area contributed by atoms with Crippen molar-refractivity contribution < 1.29 is 23.6 Å². The van der Waals surface area contributed by atoms with Crippen molar-refractivity contribution >= 4 is 52.3 Å². The smallest absolute Gasteiger partial charge is 0.338 e. The number of nitro benzene ring substituents is 1. The summed E-state index contributed by atoms with van der Waals surface area (Å²) in [4.78, 5) is 42.6. The lowest BCUT2D eigenvalue weighted by molar-refractivity contribution is -0.384. The van der Waals surface area contributed by atoms with Crippen LogP contribution in [0.5, 0.6) is 0 Å². The Kier molecular flexibility index (Phi) is 8.22. The molecule has 0 aliphatic carbocycles. The molecular weight excluding hydrogens is 593 g/mol. The first-order valence-electron chi connectivity index (χ1n) is 12.2. The molecule has 210 valence electrons. The van der Waals surface area contributed by atoms with E-state index in [0.29, 0.717) is 42.7 Å². The Labute approximate surface area is 246 Å². The van der Waals surface area contributed by atoms with Crippen LogP contribution in [-0.2, 0) is 14.3 Å². The van der Waals surface area contributed by atoms with Gasteiger partial charge in [-0.1, -0.05) is 46.7 Å². The molecule has 2 aromatic carbocycles. The molecule has 0 spiro atoms. The Morgan fingerprint density at radius 1 is 1.17 bits per heavy atom. The highest BCUT2D eigenvalue weighted by molar-refractivity contribution is 7.07. The van der Waals surface area contributed by atoms with Crippen molar-refractivity contribution in [2.24, 2.45) is 4.99 Å². The zero-order valence-electron chi connectivity index (χ0n) is 21.6. The fourth-order valence-corrected chi connectivity index (χ4v) is 5.72. The van der Waals surface area contributed by atoms with Gasteiger partial charge in [0, 0.05) is 35.9 Å². The molecule has 0 amide bonds. The summed E-state index contributed by atoms with van der Waals surface area (Å²) in [6.07, 6.45) is 1.55. The fourth-order valence-electron chi connectivity index (χ4n) is 4.36. The summed E-state index contributed by atoms with van der Waals surface area (Å²) in [5.41, 5.74) is 1.11. The second-order valence-electron chi connectivity index (χ2n) is 8.89. The molecule has 1 aliphatic rings. The van der Waals surface area contributed by atoms with Gasteiger partial charge in [-0.2, -0.15) is 0 Å². The van der Waals surface area contributed by atoms with Gasteiger partial charge in [-0.3, -0.25) is 19.5 Å². The molecule has 10 nitrogen and oxygen atoms in total. The summed E-state index contributed by atoms with van der Waals surface area (Å²) in [5, 5.41) is 12.0. The Balaban J connectivity index is 1.59. The van der Waals surface area contributed by atoms with E-state index < -0.39 is 22.5 Å². The van der Waals surface area contributed by atoms with Crippen LogP contribution in [0, 0.1) is 10.1 Å². The van der Waals surface area contributed by atoms with Crippen LogP contribution in [0.15, 0.2) is 80.1 Å². The number of fused-ring (bicyclic) bond motifs is 1. The molecule has 1 atom stereocenters. The number of aromatic nitrogens is 1. The number of carbonyl (C=O) groups excluding carboxylic acids is 1. The lowest BCUT2D eigenvalue weighted by Gasteiger charge is -2.24. The van der Waals surface area contributed by atoms with E-state index >= 15 is 0 Å². The molecule has 2 aromatic heterocycles. The Bertz CT molecular complexity index is 1870. The minimum absolute atomic E-state index is 0.0410. The number of thiazole rings is 1. The number of allylic oxidation sites excluding steroid dienone is 1. The predicted octanol–water partition coefficient (Wildman–Crippen LogP) is 4.90. The number of carbonyl (C=O) groups is 1. The average molecular weight is 614 g/mol. The van der Waals surface area contributed by atoms with Gasteiger partial charge in [0.1, 0.15) is 18.1 Å². The number of benzene rings is 2. The maximum atomic E-state index is 13.8. The van der Waals surface area contributed by atoms with E-state index in [-0.39, 0.29) is 29.5 Å². The van der Waals surface area contributed by atoms with Crippen molar-refractivity contribution in [3.63, 3.8) is 0 Å². The molecule has 0 fully saturated rings. The van der Waals surface area contributed by atoms with Crippen LogP contribution >= 0.6 is 34.5 Å². The SMILES string of the molecule is COCCOC(=O)C1=C(C)N=c2sc(=Cc3ccc(-c4cc([N+](=O)[O-])ccc4Cl)o3)c(=O)n2C1c1ccc(Cl)cc1. The van der Waals surface area contributed by atoms with Crippen LogP contribution < -0.4 is 14.9 Å². The van der Waals surface area contributed by atoms with Gasteiger partial charge in [0.15, 0.2) is 4.80 Å². The second kappa shape index (κ2) is 11.8. The van der Waals surface area contributed by atoms with E-state index in [4.69, 9.17) is 37.1 Å². The zero-order chi connectivity index (χ0) is 29.3. The average Bonchev–Trinajstić information content (AvgIpc) is 3.52. The number of rotatable bonds is 8. The number of non-ortho nitro benzene ring substituents is 1. The molecule has 1 unspecified atom stereocenters. The first-order valence-corrected chi connectivity index (χ1v) is 13.7. The molecule has 0 radical (unpaired) electrons. The Morgan fingerprint density at radius 2 is 1.93 bits per heavy atom. The van der Waals surface area contributed by atoms with Gasteiger partial charge in [0.05, 0.1) is 38.4 Å². The second-order valence-corrected chi connectivity index (χ2v) is 10.7. The highest BCUT2D eigenvalue weighted by Crippen LogP contribution is 2.33. The number of hydrogen-bond acceptors (Lipinski definition) is 9. The molecule has 0 N–H and O–H groups in total. The number of nitrogens with zero attached hydrogens (tertiary/aromatic N) is 3. The van der Waals surface area contributed by atoms with E-state index in [1.807, 2.05) is 0 Å². The number of esters is 1. The van der Waals surface area contributed by atoms with E-state index in [1.54, 1.807) is 49.4 Å². The highest BCUT2D eigenvalue weighted by Gasteiger charge is 2.33. The molecule has 0 bridgehead atoms. The minimum atomic E-state index is -0.809. The van der Waals surface area contributed by atoms with Crippen molar-refractivity contribution in [3.05, 3.63) is 117 Å². The summed E-state index contributed by atoms with van der Waals surface area (Å²) >= 11 is 13.5. The monoisotopic (exact) mass is 613 g/mol. The standard InChI is InChI=1S/C28H21Cl2N3O7S/c1-15-24(27(35)39-12-11-38-2)25(16-3-5-17(29)6-4-16)32-26(34)23(41-28(32)31-15)14-19-8-10-22(40-19)20-13-18(33(36)37)7-9-21(20)30/h3-10,13-14,25H,11-12H2,1-2H3. The van der Waals surface area contributed by atoms with Gasteiger partial charge in [-0.25, -0.2) is 9.79 Å². The van der Waals surface area contributed by atoms with Crippen molar-refractivity contribution in [3.8, 4) is 11.3 Å². The number of methoxy groups -OCH3 is 1. The van der Waals surface area contributed by atoms with Gasteiger partial charge in [0.25, 0.3) is 11.2 Å². The predicted molar refractivity (Wildman–Crippen MR) is 154 cm³/mol. The largest absolute Gasteiger partial charge is 0.460 e. The van der Waals surface area contributed by atoms with Crippen molar-refractivity contribution in [2.45, 2.75) is 13.0 Å². The molecule has 41 heavy (non-hydrogen) atoms. The van der Waals surface area contributed by atoms with Crippen molar-refractivity contribution in [1.82, 2.24) is 4.57 Å². The lowest BCUT2D eigenvalue weighted by Crippen LogP contribution is -2.40. The summed E-state index contributed by atoms with van der Waals surface area (Å²) in [7, 11) is 1.50. The highest BCUT2D eigenvalue weighted by atomic mass is 35.5. The van der Waals surface area contributed by atoms with Crippen LogP contribution in [0.25, 0.3) is 17.4 Å². The lowest BCUT2D eigenvalue weighted by atomic mass is 9.96. The summed E-state index contributed by atoms with van der Waals surface area (Å²) in [6.45, 7) is 1.95. The quantitative estimate of drug-likeness (QED) is 0.120. The molecule has 0 saturated carbocycles. The first kappa shape index (κ1) is 28.5. The summed E-state index contributed by atoms with van der Waals surface area (Å²) in [6, 6.07) is 13.3. The maximum absolute atomic E-state index is 13.8. The van der Waals surface area contributed by atoms with E-state index in [9.17, 15) is 19.7 Å². The minimum Gasteiger partial charge on any atom is -0.460 e. The molecule has 5 rings (SSSR count). The third kappa shape index (κ3) is 5.75. The van der Waals surface area contributed by atoms with E-state index in [0.717, 1.165) is 11.3 Å². The molecule has 4 aromatic rings. The van der Waals surface area contributed by atoms with Crippen LogP contribution in [0.3, 0.4) is 0 Å². The summed E-state index contributed by atoms with van der Waals surface area (Å²) in [5.74, 6) is 0.0153. The molecular formula is C28H21Cl2N3O7S. The van der Waals surface area contributed by atoms with E-state index in [1.165, 1.54) is 29.9 Å². The van der Waals surface area contributed by atoms with Crippen molar-refractivity contribution in [2.75, 3.05) is 20.3 Å². The van der Waals surface area contributed by atoms with Gasteiger partial charge in [-0.05, 0) is 42.8 Å². The maximum Gasteiger partial charge on any atom is 0.338 e. The molecule has 13 heteroatoms. The number of furan rings is 1. The van der Waals surface area contributed by atoms with Crippen LogP contribution in [0.2, 0.25) is 10.0 Å². The Morgan fingerprint density at radius 3 is 2.63 bits per heavy atom. The third-order valence-electron chi connectivity index (χ3n) is 6.27. The molecule has 3 heterocycles. The van der Waals surface area contributed by atoms with Gasteiger partial charge >= 0.3 is 5.97 Å². The summed E-state index contributed by atoms with van der Waals surface area (Å²) < 4.78 is 18.0. The van der Waals surface area contributed by atoms with Gasteiger partial charge in [-0.15, -0.1) is 0 Å². The topological polar surface area (TPSA) is 126 Å². The zero-order valence-corrected chi connectivity index (χ0v) is 24.0. The third-order valence-corrected chi connectivity index (χ3v) is 7.84. The fraction of sp³-hybridized carbons (Fsp3) is 0.179. The number of halogens is 2. The Hall–Kier alpha value is -4.03. The molecule has 0 saturated heterocycles. The molecule has 1 aliphatic heterocycles. The van der Waals surface area contributed by atoms with Crippen LogP contribution in [0.4, 0.5) is 5.69 Å². The van der Waals surface area contributed by atoms with Crippen LogP contribution in [0.1, 0.15) is 24.3 Å². The van der Waals surface area contributed by atoms with Crippen LogP contribution in [-0.4, -0.2) is 35.8 Å². The number of hydrogen-bond donors (Lipinski definition) is 0. The first-order chi connectivity index (χ1) is 19.7. The van der Waals surface area contributed by atoms with Gasteiger partial charge < -0.3 is 13.9 Å². The number of nitro groups is 1. The van der Waals surface area contributed by atoms with Crippen molar-refractivity contribution in [1.29, 1.82) is 0 Å². The van der Waals surface area contributed by atoms with Gasteiger partial charge in [0.2, 0.25) is 0 Å². The van der Waals surface area contributed by atoms with E-state index in [2.05, 4.69) is 4.99 Å². The normalized spacial score (nSPS) is 15.0.